The molecule has 1 fully saturated rings. The SMILES string of the molecule is CC(C)(O)[C@H](N)C(=O)N1CCC(Oc2ccc(F)cc2)CC1. The number of hydrogen-bond donors (Lipinski definition) is 2. The monoisotopic (exact) mass is 310 g/mol. The third-order valence-corrected chi connectivity index (χ3v) is 3.90. The highest BCUT2D eigenvalue weighted by Crippen LogP contribution is 2.20. The third kappa shape index (κ3) is 4.18. The van der Waals surface area contributed by atoms with E-state index in [4.69, 9.17) is 10.5 Å². The van der Waals surface area contributed by atoms with E-state index >= 15 is 0 Å². The van der Waals surface area contributed by atoms with Gasteiger partial charge in [-0.25, -0.2) is 4.39 Å². The fourth-order valence-corrected chi connectivity index (χ4v) is 2.40. The van der Waals surface area contributed by atoms with Gasteiger partial charge >= 0.3 is 0 Å². The fourth-order valence-electron chi connectivity index (χ4n) is 2.40. The van der Waals surface area contributed by atoms with Gasteiger partial charge in [-0.3, -0.25) is 4.79 Å². The number of rotatable bonds is 4. The smallest absolute Gasteiger partial charge is 0.242 e. The average molecular weight is 310 g/mol. The van der Waals surface area contributed by atoms with Gasteiger partial charge in [-0.05, 0) is 38.1 Å². The summed E-state index contributed by atoms with van der Waals surface area (Å²) in [5.41, 5.74) is 4.55. The minimum atomic E-state index is -1.24. The number of nitrogens with two attached hydrogens (primary N) is 1. The van der Waals surface area contributed by atoms with Crippen molar-refractivity contribution < 1.29 is 19.0 Å². The summed E-state index contributed by atoms with van der Waals surface area (Å²) in [7, 11) is 0. The molecule has 0 bridgehead atoms. The van der Waals surface area contributed by atoms with Crippen molar-refractivity contribution >= 4 is 5.91 Å². The summed E-state index contributed by atoms with van der Waals surface area (Å²) in [6.07, 6.45) is 1.36. The van der Waals surface area contributed by atoms with Crippen molar-refractivity contribution in [2.45, 2.75) is 44.4 Å². The number of amides is 1. The molecule has 1 aliphatic heterocycles. The first-order chi connectivity index (χ1) is 10.3. The maximum Gasteiger partial charge on any atom is 0.242 e. The highest BCUT2D eigenvalue weighted by molar-refractivity contribution is 5.83. The maximum atomic E-state index is 12.8. The molecule has 1 heterocycles. The third-order valence-electron chi connectivity index (χ3n) is 3.90. The number of halogens is 1. The predicted molar refractivity (Wildman–Crippen MR) is 80.9 cm³/mol. The Hall–Kier alpha value is -1.66. The molecule has 6 heteroatoms. The minimum absolute atomic E-state index is 0.00660. The molecular formula is C16H23FN2O3. The Labute approximate surface area is 129 Å². The van der Waals surface area contributed by atoms with Crippen LogP contribution in [-0.2, 0) is 4.79 Å². The van der Waals surface area contributed by atoms with Crippen LogP contribution in [-0.4, -0.2) is 46.7 Å². The van der Waals surface area contributed by atoms with Crippen molar-refractivity contribution in [3.63, 3.8) is 0 Å². The van der Waals surface area contributed by atoms with Crippen LogP contribution in [0.1, 0.15) is 26.7 Å². The van der Waals surface area contributed by atoms with Crippen LogP contribution >= 0.6 is 0 Å². The molecule has 0 aromatic heterocycles. The second-order valence-electron chi connectivity index (χ2n) is 6.23. The number of carbonyl (C=O) groups excluding carboxylic acids is 1. The number of piperidine rings is 1. The maximum absolute atomic E-state index is 12.8. The van der Waals surface area contributed by atoms with Gasteiger partial charge in [-0.1, -0.05) is 0 Å². The van der Waals surface area contributed by atoms with Crippen LogP contribution in [0.25, 0.3) is 0 Å². The van der Waals surface area contributed by atoms with Crippen molar-refractivity contribution in [1.82, 2.24) is 4.90 Å². The standard InChI is InChI=1S/C16H23FN2O3/c1-16(2,21)14(18)15(20)19-9-7-13(8-10-19)22-12-5-3-11(17)4-6-12/h3-6,13-14,21H,7-10,18H2,1-2H3/t14-/m1/s1. The number of benzene rings is 1. The lowest BCUT2D eigenvalue weighted by Gasteiger charge is -2.36. The van der Waals surface area contributed by atoms with Crippen LogP contribution in [0.3, 0.4) is 0 Å². The van der Waals surface area contributed by atoms with Gasteiger partial charge in [0.05, 0.1) is 5.60 Å². The van der Waals surface area contributed by atoms with Crippen LogP contribution in [0.5, 0.6) is 5.75 Å². The molecule has 1 atom stereocenters. The van der Waals surface area contributed by atoms with Crippen molar-refractivity contribution in [2.75, 3.05) is 13.1 Å². The Balaban J connectivity index is 1.85. The molecule has 22 heavy (non-hydrogen) atoms. The van der Waals surface area contributed by atoms with Gasteiger partial charge in [0.1, 0.15) is 23.7 Å². The van der Waals surface area contributed by atoms with Crippen molar-refractivity contribution in [2.24, 2.45) is 5.73 Å². The summed E-state index contributed by atoms with van der Waals surface area (Å²) in [4.78, 5) is 13.9. The highest BCUT2D eigenvalue weighted by Gasteiger charge is 2.34. The predicted octanol–water partition coefficient (Wildman–Crippen LogP) is 1.29. The number of nitrogens with zero attached hydrogens (tertiary/aromatic N) is 1. The highest BCUT2D eigenvalue weighted by atomic mass is 19.1. The van der Waals surface area contributed by atoms with E-state index in [0.717, 1.165) is 0 Å². The Morgan fingerprint density at radius 2 is 1.91 bits per heavy atom. The Bertz CT molecular complexity index is 505. The van der Waals surface area contributed by atoms with Crippen LogP contribution in [0.2, 0.25) is 0 Å². The molecule has 0 radical (unpaired) electrons. The number of likely N-dealkylation sites (tertiary alicyclic amines) is 1. The van der Waals surface area contributed by atoms with Crippen molar-refractivity contribution in [3.05, 3.63) is 30.1 Å². The average Bonchev–Trinajstić information content (AvgIpc) is 2.48. The first-order valence-corrected chi connectivity index (χ1v) is 7.46. The molecular weight excluding hydrogens is 287 g/mol. The lowest BCUT2D eigenvalue weighted by Crippen LogP contribution is -2.56. The van der Waals surface area contributed by atoms with Crippen molar-refractivity contribution in [3.8, 4) is 5.75 Å². The summed E-state index contributed by atoms with van der Waals surface area (Å²) >= 11 is 0. The first-order valence-electron chi connectivity index (χ1n) is 7.46. The number of aliphatic hydroxyl groups is 1. The normalized spacial score (nSPS) is 18.1. The van der Waals surface area contributed by atoms with E-state index in [1.54, 1.807) is 17.0 Å². The molecule has 1 aliphatic rings. The first kappa shape index (κ1) is 16.7. The summed E-state index contributed by atoms with van der Waals surface area (Å²) in [5, 5.41) is 9.83. The van der Waals surface area contributed by atoms with E-state index in [-0.39, 0.29) is 17.8 Å². The van der Waals surface area contributed by atoms with Gasteiger partial charge < -0.3 is 20.5 Å². The molecule has 1 aromatic rings. The van der Waals surface area contributed by atoms with E-state index in [0.29, 0.717) is 31.7 Å². The zero-order chi connectivity index (χ0) is 16.3. The molecule has 0 saturated carbocycles. The number of hydrogen-bond acceptors (Lipinski definition) is 4. The van der Waals surface area contributed by atoms with E-state index in [9.17, 15) is 14.3 Å². The van der Waals surface area contributed by atoms with Gasteiger partial charge in [0.25, 0.3) is 0 Å². The number of carbonyl (C=O) groups is 1. The zero-order valence-corrected chi connectivity index (χ0v) is 13.0. The van der Waals surface area contributed by atoms with Gasteiger partial charge in [-0.2, -0.15) is 0 Å². The number of ether oxygens (including phenoxy) is 1. The summed E-state index contributed by atoms with van der Waals surface area (Å²) in [6, 6.07) is 4.97. The molecule has 0 unspecified atom stereocenters. The van der Waals surface area contributed by atoms with E-state index in [2.05, 4.69) is 0 Å². The summed E-state index contributed by atoms with van der Waals surface area (Å²) in [5.74, 6) is 0.0838. The van der Waals surface area contributed by atoms with E-state index in [1.165, 1.54) is 26.0 Å². The molecule has 3 N–H and O–H groups in total. The molecule has 1 amide bonds. The van der Waals surface area contributed by atoms with Crippen molar-refractivity contribution in [1.29, 1.82) is 0 Å². The second-order valence-corrected chi connectivity index (χ2v) is 6.23. The lowest BCUT2D eigenvalue weighted by molar-refractivity contribution is -0.139. The topological polar surface area (TPSA) is 75.8 Å². The largest absolute Gasteiger partial charge is 0.490 e. The quantitative estimate of drug-likeness (QED) is 0.879. The summed E-state index contributed by atoms with van der Waals surface area (Å²) < 4.78 is 18.6. The van der Waals surface area contributed by atoms with Gasteiger partial charge in [0.15, 0.2) is 0 Å². The molecule has 122 valence electrons. The van der Waals surface area contributed by atoms with Crippen LogP contribution in [0, 0.1) is 5.82 Å². The lowest BCUT2D eigenvalue weighted by atomic mass is 9.97. The molecule has 1 aromatic carbocycles. The molecule has 0 spiro atoms. The minimum Gasteiger partial charge on any atom is -0.490 e. The molecule has 5 nitrogen and oxygen atoms in total. The van der Waals surface area contributed by atoms with Gasteiger partial charge in [0, 0.05) is 25.9 Å². The molecule has 2 rings (SSSR count). The summed E-state index contributed by atoms with van der Waals surface area (Å²) in [6.45, 7) is 4.13. The Kier molecular flexibility index (Phi) is 5.03. The van der Waals surface area contributed by atoms with Crippen LogP contribution < -0.4 is 10.5 Å². The Morgan fingerprint density at radius 1 is 1.36 bits per heavy atom. The van der Waals surface area contributed by atoms with E-state index in [1.807, 2.05) is 0 Å². The van der Waals surface area contributed by atoms with Gasteiger partial charge in [-0.15, -0.1) is 0 Å². The van der Waals surface area contributed by atoms with Crippen LogP contribution in [0.4, 0.5) is 4.39 Å². The molecule has 1 saturated heterocycles. The van der Waals surface area contributed by atoms with Gasteiger partial charge in [0.2, 0.25) is 5.91 Å². The molecule has 0 aliphatic carbocycles. The Morgan fingerprint density at radius 3 is 2.41 bits per heavy atom. The fraction of sp³-hybridized carbons (Fsp3) is 0.562. The van der Waals surface area contributed by atoms with E-state index < -0.39 is 11.6 Å². The zero-order valence-electron chi connectivity index (χ0n) is 13.0. The van der Waals surface area contributed by atoms with Crippen LogP contribution in [0.15, 0.2) is 24.3 Å². The second kappa shape index (κ2) is 6.62.